The van der Waals surface area contributed by atoms with E-state index in [0.717, 1.165) is 17.9 Å². The van der Waals surface area contributed by atoms with Crippen molar-refractivity contribution in [2.24, 2.45) is 0 Å². The summed E-state index contributed by atoms with van der Waals surface area (Å²) in [5.41, 5.74) is 2.59. The lowest BCUT2D eigenvalue weighted by Crippen LogP contribution is -2.18. The fourth-order valence-electron chi connectivity index (χ4n) is 2.22. The molecule has 0 amide bonds. The minimum Gasteiger partial charge on any atom is -0.462 e. The van der Waals surface area contributed by atoms with Crippen LogP contribution in [0.1, 0.15) is 28.7 Å². The maximum atomic E-state index is 5.79. The predicted octanol–water partition coefficient (Wildman–Crippen LogP) is 3.24. The molecule has 2 aromatic rings. The number of rotatable bonds is 6. The van der Waals surface area contributed by atoms with Gasteiger partial charge in [0.1, 0.15) is 18.1 Å². The third-order valence-corrected chi connectivity index (χ3v) is 3.18. The van der Waals surface area contributed by atoms with E-state index in [4.69, 9.17) is 9.15 Å². The van der Waals surface area contributed by atoms with E-state index in [9.17, 15) is 0 Å². The molecule has 0 bridgehead atoms. The molecule has 102 valence electrons. The van der Waals surface area contributed by atoms with Gasteiger partial charge in [-0.05, 0) is 38.1 Å². The molecule has 2 rings (SSSR count). The molecule has 0 radical (unpaired) electrons. The maximum absolute atomic E-state index is 5.79. The van der Waals surface area contributed by atoms with Crippen molar-refractivity contribution in [3.8, 4) is 0 Å². The van der Waals surface area contributed by atoms with Gasteiger partial charge in [-0.3, -0.25) is 0 Å². The largest absolute Gasteiger partial charge is 0.462 e. The number of ether oxygens (including phenoxy) is 1. The molecule has 1 aromatic heterocycles. The number of furan rings is 1. The molecule has 0 spiro atoms. The van der Waals surface area contributed by atoms with Gasteiger partial charge in [0.15, 0.2) is 0 Å². The van der Waals surface area contributed by atoms with Crippen molar-refractivity contribution in [1.29, 1.82) is 0 Å². The van der Waals surface area contributed by atoms with Gasteiger partial charge in [0, 0.05) is 7.11 Å². The topological polar surface area (TPSA) is 34.4 Å². The lowest BCUT2D eigenvalue weighted by Gasteiger charge is -2.14. The zero-order valence-corrected chi connectivity index (χ0v) is 11.8. The van der Waals surface area contributed by atoms with E-state index in [1.165, 1.54) is 11.1 Å². The normalized spacial score (nSPS) is 12.6. The fraction of sp³-hybridized carbons (Fsp3) is 0.375. The standard InChI is InChI=1S/C16H21NO2/c1-12-5-4-6-13(9-12)10-15(17-2)16-8-7-14(19-16)11-18-3/h4-9,15,17H,10-11H2,1-3H3. The fourth-order valence-corrected chi connectivity index (χ4v) is 2.22. The van der Waals surface area contributed by atoms with Crippen LogP contribution in [0.15, 0.2) is 40.8 Å². The van der Waals surface area contributed by atoms with E-state index in [-0.39, 0.29) is 6.04 Å². The minimum atomic E-state index is 0.187. The molecule has 0 fully saturated rings. The third-order valence-electron chi connectivity index (χ3n) is 3.18. The molecule has 0 saturated heterocycles. The van der Waals surface area contributed by atoms with Crippen molar-refractivity contribution in [3.63, 3.8) is 0 Å². The summed E-state index contributed by atoms with van der Waals surface area (Å²) in [5.74, 6) is 1.82. The predicted molar refractivity (Wildman–Crippen MR) is 76.1 cm³/mol. The zero-order valence-electron chi connectivity index (χ0n) is 11.8. The van der Waals surface area contributed by atoms with Crippen molar-refractivity contribution in [2.75, 3.05) is 14.2 Å². The first-order valence-electron chi connectivity index (χ1n) is 6.53. The SMILES string of the molecule is CNC(Cc1cccc(C)c1)c1ccc(COC)o1. The molecule has 3 nitrogen and oxygen atoms in total. The Morgan fingerprint density at radius 1 is 1.26 bits per heavy atom. The van der Waals surface area contributed by atoms with Crippen molar-refractivity contribution in [1.82, 2.24) is 5.32 Å². The smallest absolute Gasteiger partial charge is 0.129 e. The van der Waals surface area contributed by atoms with Crippen molar-refractivity contribution in [2.45, 2.75) is 26.0 Å². The molecule has 0 saturated carbocycles. The van der Waals surface area contributed by atoms with Gasteiger partial charge in [0.05, 0.1) is 6.04 Å². The summed E-state index contributed by atoms with van der Waals surface area (Å²) in [6.07, 6.45) is 0.915. The molecule has 19 heavy (non-hydrogen) atoms. The summed E-state index contributed by atoms with van der Waals surface area (Å²) >= 11 is 0. The van der Waals surface area contributed by atoms with Crippen molar-refractivity contribution < 1.29 is 9.15 Å². The molecule has 1 N–H and O–H groups in total. The molecule has 3 heteroatoms. The molecular formula is C16H21NO2. The Balaban J connectivity index is 2.10. The van der Waals surface area contributed by atoms with Gasteiger partial charge in [0.25, 0.3) is 0 Å². The Labute approximate surface area is 114 Å². The first kappa shape index (κ1) is 13.8. The minimum absolute atomic E-state index is 0.187. The van der Waals surface area contributed by atoms with E-state index in [2.05, 4.69) is 36.5 Å². The van der Waals surface area contributed by atoms with Crippen LogP contribution in [0.3, 0.4) is 0 Å². The van der Waals surface area contributed by atoms with Gasteiger partial charge in [-0.15, -0.1) is 0 Å². The second-order valence-electron chi connectivity index (χ2n) is 4.77. The summed E-state index contributed by atoms with van der Waals surface area (Å²) in [6.45, 7) is 2.63. The quantitative estimate of drug-likeness (QED) is 0.864. The maximum Gasteiger partial charge on any atom is 0.129 e. The van der Waals surface area contributed by atoms with Gasteiger partial charge in [-0.2, -0.15) is 0 Å². The monoisotopic (exact) mass is 259 g/mol. The van der Waals surface area contributed by atoms with E-state index < -0.39 is 0 Å². The molecule has 0 aliphatic carbocycles. The van der Waals surface area contributed by atoms with Gasteiger partial charge in [0.2, 0.25) is 0 Å². The lowest BCUT2D eigenvalue weighted by molar-refractivity contribution is 0.161. The zero-order chi connectivity index (χ0) is 13.7. The molecule has 1 aromatic carbocycles. The summed E-state index contributed by atoms with van der Waals surface area (Å²) in [4.78, 5) is 0. The van der Waals surface area contributed by atoms with E-state index >= 15 is 0 Å². The number of hydrogen-bond acceptors (Lipinski definition) is 3. The first-order chi connectivity index (χ1) is 9.22. The Kier molecular flexibility index (Phi) is 4.77. The third kappa shape index (κ3) is 3.69. The number of aryl methyl sites for hydroxylation is 1. The number of benzene rings is 1. The summed E-state index contributed by atoms with van der Waals surface area (Å²) < 4.78 is 10.9. The Hall–Kier alpha value is -1.58. The van der Waals surface area contributed by atoms with Crippen LogP contribution in [0, 0.1) is 6.92 Å². The second-order valence-corrected chi connectivity index (χ2v) is 4.77. The Bertz CT molecular complexity index is 519. The van der Waals surface area contributed by atoms with E-state index in [1.54, 1.807) is 7.11 Å². The average Bonchev–Trinajstić information content (AvgIpc) is 2.85. The first-order valence-corrected chi connectivity index (χ1v) is 6.53. The summed E-state index contributed by atoms with van der Waals surface area (Å²) in [6, 6.07) is 12.7. The van der Waals surface area contributed by atoms with Crippen LogP contribution >= 0.6 is 0 Å². The summed E-state index contributed by atoms with van der Waals surface area (Å²) in [5, 5.41) is 3.31. The second kappa shape index (κ2) is 6.55. The number of hydrogen-bond donors (Lipinski definition) is 1. The van der Waals surface area contributed by atoms with Crippen LogP contribution in [0.4, 0.5) is 0 Å². The molecule has 0 aliphatic rings. The van der Waals surface area contributed by atoms with Crippen molar-refractivity contribution in [3.05, 3.63) is 59.0 Å². The van der Waals surface area contributed by atoms with Crippen LogP contribution in [0.5, 0.6) is 0 Å². The van der Waals surface area contributed by atoms with Gasteiger partial charge in [-0.25, -0.2) is 0 Å². The average molecular weight is 259 g/mol. The number of nitrogens with one attached hydrogen (secondary N) is 1. The number of methoxy groups -OCH3 is 1. The van der Waals surface area contributed by atoms with Gasteiger partial charge < -0.3 is 14.5 Å². The molecule has 1 atom stereocenters. The van der Waals surface area contributed by atoms with Crippen LogP contribution in [-0.4, -0.2) is 14.2 Å². The van der Waals surface area contributed by atoms with Gasteiger partial charge in [-0.1, -0.05) is 29.8 Å². The Morgan fingerprint density at radius 2 is 2.11 bits per heavy atom. The van der Waals surface area contributed by atoms with Crippen LogP contribution < -0.4 is 5.32 Å². The van der Waals surface area contributed by atoms with E-state index in [1.807, 2.05) is 19.2 Å². The summed E-state index contributed by atoms with van der Waals surface area (Å²) in [7, 11) is 3.63. The van der Waals surface area contributed by atoms with Crippen LogP contribution in [-0.2, 0) is 17.8 Å². The molecule has 1 heterocycles. The molecule has 0 aliphatic heterocycles. The van der Waals surface area contributed by atoms with Crippen LogP contribution in [0.25, 0.3) is 0 Å². The highest BCUT2D eigenvalue weighted by Gasteiger charge is 2.14. The molecule has 1 unspecified atom stereocenters. The highest BCUT2D eigenvalue weighted by atomic mass is 16.5. The Morgan fingerprint density at radius 3 is 2.79 bits per heavy atom. The van der Waals surface area contributed by atoms with Crippen molar-refractivity contribution >= 4 is 0 Å². The highest BCUT2D eigenvalue weighted by Crippen LogP contribution is 2.21. The highest BCUT2D eigenvalue weighted by molar-refractivity contribution is 5.24. The van der Waals surface area contributed by atoms with Crippen LogP contribution in [0.2, 0.25) is 0 Å². The molecular weight excluding hydrogens is 238 g/mol. The lowest BCUT2D eigenvalue weighted by atomic mass is 10.0. The van der Waals surface area contributed by atoms with E-state index in [0.29, 0.717) is 6.61 Å². The van der Waals surface area contributed by atoms with Gasteiger partial charge >= 0.3 is 0 Å². The number of likely N-dealkylation sites (N-methyl/N-ethyl adjacent to an activating group) is 1.